The second-order valence-corrected chi connectivity index (χ2v) is 16.9. The monoisotopic (exact) mass is 717 g/mol. The van der Waals surface area contributed by atoms with Gasteiger partial charge in [0.1, 0.15) is 0 Å². The van der Waals surface area contributed by atoms with Crippen LogP contribution in [0.25, 0.3) is 33.4 Å². The van der Waals surface area contributed by atoms with Gasteiger partial charge in [-0.05, 0) is 114 Å². The van der Waals surface area contributed by atoms with E-state index in [0.717, 1.165) is 17.1 Å². The van der Waals surface area contributed by atoms with Crippen molar-refractivity contribution in [3.63, 3.8) is 0 Å². The number of nitrogens with zero attached hydrogens (tertiary/aromatic N) is 1. The second-order valence-electron chi connectivity index (χ2n) is 16.9. The van der Waals surface area contributed by atoms with Crippen LogP contribution in [0, 0.1) is 0 Å². The molecule has 0 heterocycles. The molecule has 1 heteroatoms. The highest BCUT2D eigenvalue weighted by Crippen LogP contribution is 2.58. The van der Waals surface area contributed by atoms with E-state index in [-0.39, 0.29) is 10.8 Å². The van der Waals surface area contributed by atoms with Crippen molar-refractivity contribution >= 4 is 17.1 Å². The highest BCUT2D eigenvalue weighted by Gasteiger charge is 2.47. The molecule has 8 aromatic carbocycles. The zero-order chi connectivity index (χ0) is 37.8. The van der Waals surface area contributed by atoms with E-state index in [1.54, 1.807) is 0 Å². The molecule has 0 fully saturated rings. The van der Waals surface area contributed by atoms with E-state index < -0.39 is 5.41 Å². The Bertz CT molecular complexity index is 2810. The Balaban J connectivity index is 1.10. The van der Waals surface area contributed by atoms with Crippen molar-refractivity contribution in [2.24, 2.45) is 0 Å². The summed E-state index contributed by atoms with van der Waals surface area (Å²) in [4.78, 5) is 2.42. The van der Waals surface area contributed by atoms with Gasteiger partial charge in [-0.15, -0.1) is 0 Å². The molecular formula is C55H43N. The molecule has 0 saturated carbocycles. The van der Waals surface area contributed by atoms with Gasteiger partial charge in [0.25, 0.3) is 0 Å². The number of para-hydroxylation sites is 1. The lowest BCUT2D eigenvalue weighted by Gasteiger charge is -2.35. The van der Waals surface area contributed by atoms with Crippen molar-refractivity contribution in [1.82, 2.24) is 0 Å². The SMILES string of the molecule is CC1(C)c2ccccc2-c2ccc(N(c3ccccc3)c3ccc(C4(c5ccc6c(c5)C(C)(C)c5ccccc5-6)c5ccccc5-c5ccccc54)cc3)cc21. The Morgan fingerprint density at radius 2 is 0.661 bits per heavy atom. The number of benzene rings is 8. The standard InChI is InChI=1S/C55H43N/c1-53(2)47-22-12-8-18-41(47)45-32-28-37(34-51(45)53)55(49-24-14-10-20-43(49)44-21-11-15-25-50(44)55)36-26-29-39(30-27-36)56(38-16-6-5-7-17-38)40-31-33-46-42-19-9-13-23-48(42)54(3,4)52(46)35-40/h5-35H,1-4H3. The Morgan fingerprint density at radius 1 is 0.286 bits per heavy atom. The largest absolute Gasteiger partial charge is 0.310 e. The fraction of sp³-hybridized carbons (Fsp3) is 0.127. The lowest BCUT2D eigenvalue weighted by Crippen LogP contribution is -2.29. The lowest BCUT2D eigenvalue weighted by molar-refractivity contribution is 0.655. The molecule has 0 bridgehead atoms. The smallest absolute Gasteiger partial charge is 0.0713 e. The van der Waals surface area contributed by atoms with Crippen LogP contribution in [0.5, 0.6) is 0 Å². The quantitative estimate of drug-likeness (QED) is 0.171. The summed E-state index contributed by atoms with van der Waals surface area (Å²) in [6, 6.07) is 70.6. The number of hydrogen-bond donors (Lipinski definition) is 0. The van der Waals surface area contributed by atoms with Crippen molar-refractivity contribution in [1.29, 1.82) is 0 Å². The predicted octanol–water partition coefficient (Wildman–Crippen LogP) is 14.1. The molecule has 0 radical (unpaired) electrons. The molecule has 0 N–H and O–H groups in total. The molecule has 0 saturated heterocycles. The number of anilines is 3. The number of fused-ring (bicyclic) bond motifs is 9. The van der Waals surface area contributed by atoms with Gasteiger partial charge >= 0.3 is 0 Å². The summed E-state index contributed by atoms with van der Waals surface area (Å²) in [6.07, 6.45) is 0. The molecule has 0 atom stereocenters. The van der Waals surface area contributed by atoms with Gasteiger partial charge in [-0.3, -0.25) is 0 Å². The lowest BCUT2D eigenvalue weighted by atomic mass is 9.66. The Kier molecular flexibility index (Phi) is 6.93. The van der Waals surface area contributed by atoms with Gasteiger partial charge in [-0.2, -0.15) is 0 Å². The fourth-order valence-electron chi connectivity index (χ4n) is 10.7. The van der Waals surface area contributed by atoms with Gasteiger partial charge in [0, 0.05) is 27.9 Å². The molecule has 0 aromatic heterocycles. The molecule has 1 nitrogen and oxygen atoms in total. The topological polar surface area (TPSA) is 3.24 Å². The van der Waals surface area contributed by atoms with E-state index in [9.17, 15) is 0 Å². The minimum absolute atomic E-state index is 0.0877. The van der Waals surface area contributed by atoms with E-state index in [1.807, 2.05) is 0 Å². The molecule has 268 valence electrons. The third-order valence-corrected chi connectivity index (χ3v) is 13.4. The van der Waals surface area contributed by atoms with Crippen molar-refractivity contribution < 1.29 is 0 Å². The van der Waals surface area contributed by atoms with Crippen molar-refractivity contribution in [2.45, 2.75) is 43.9 Å². The van der Waals surface area contributed by atoms with Crippen LogP contribution < -0.4 is 4.90 Å². The summed E-state index contributed by atoms with van der Waals surface area (Å²) in [5.74, 6) is 0. The molecule has 0 amide bonds. The van der Waals surface area contributed by atoms with Gasteiger partial charge in [0.2, 0.25) is 0 Å². The van der Waals surface area contributed by atoms with Crippen LogP contribution in [0.3, 0.4) is 0 Å². The molecule has 8 aromatic rings. The molecule has 0 unspecified atom stereocenters. The normalized spacial score (nSPS) is 15.6. The van der Waals surface area contributed by atoms with E-state index in [0.29, 0.717) is 0 Å². The highest BCUT2D eigenvalue weighted by atomic mass is 15.1. The average Bonchev–Trinajstić information content (AvgIpc) is 3.76. The molecule has 11 rings (SSSR count). The molecule has 3 aliphatic rings. The maximum absolute atomic E-state index is 2.53. The minimum Gasteiger partial charge on any atom is -0.310 e. The van der Waals surface area contributed by atoms with Gasteiger partial charge in [0.05, 0.1) is 5.41 Å². The first-order valence-electron chi connectivity index (χ1n) is 19.9. The third-order valence-electron chi connectivity index (χ3n) is 13.4. The Labute approximate surface area is 330 Å². The molecule has 56 heavy (non-hydrogen) atoms. The van der Waals surface area contributed by atoms with E-state index in [4.69, 9.17) is 0 Å². The van der Waals surface area contributed by atoms with Gasteiger partial charge in [-0.1, -0.05) is 179 Å². The summed E-state index contributed by atoms with van der Waals surface area (Å²) in [5.41, 5.74) is 21.5. The number of rotatable bonds is 5. The average molecular weight is 718 g/mol. The van der Waals surface area contributed by atoms with Crippen LogP contribution in [-0.4, -0.2) is 0 Å². The first-order valence-corrected chi connectivity index (χ1v) is 19.9. The van der Waals surface area contributed by atoms with Gasteiger partial charge in [0.15, 0.2) is 0 Å². The summed E-state index contributed by atoms with van der Waals surface area (Å²) in [5, 5.41) is 0. The zero-order valence-electron chi connectivity index (χ0n) is 32.3. The zero-order valence-corrected chi connectivity index (χ0v) is 32.3. The van der Waals surface area contributed by atoms with Crippen molar-refractivity contribution in [2.75, 3.05) is 4.90 Å². The molecule has 0 aliphatic heterocycles. The molecule has 0 spiro atoms. The van der Waals surface area contributed by atoms with Gasteiger partial charge < -0.3 is 4.90 Å². The molecular weight excluding hydrogens is 675 g/mol. The fourth-order valence-corrected chi connectivity index (χ4v) is 10.7. The summed E-state index contributed by atoms with van der Waals surface area (Å²) < 4.78 is 0. The summed E-state index contributed by atoms with van der Waals surface area (Å²) >= 11 is 0. The minimum atomic E-state index is -0.494. The van der Waals surface area contributed by atoms with E-state index in [2.05, 4.69) is 221 Å². The summed E-state index contributed by atoms with van der Waals surface area (Å²) in [7, 11) is 0. The highest BCUT2D eigenvalue weighted by molar-refractivity contribution is 5.89. The van der Waals surface area contributed by atoms with Crippen LogP contribution in [0.4, 0.5) is 17.1 Å². The summed E-state index contributed by atoms with van der Waals surface area (Å²) in [6.45, 7) is 9.49. The number of hydrogen-bond acceptors (Lipinski definition) is 1. The maximum atomic E-state index is 2.53. The predicted molar refractivity (Wildman–Crippen MR) is 234 cm³/mol. The first-order chi connectivity index (χ1) is 27.3. The van der Waals surface area contributed by atoms with Crippen LogP contribution in [0.15, 0.2) is 188 Å². The van der Waals surface area contributed by atoms with Crippen LogP contribution in [0.2, 0.25) is 0 Å². The van der Waals surface area contributed by atoms with E-state index >= 15 is 0 Å². The van der Waals surface area contributed by atoms with Crippen LogP contribution >= 0.6 is 0 Å². The van der Waals surface area contributed by atoms with Crippen LogP contribution in [-0.2, 0) is 16.2 Å². The maximum Gasteiger partial charge on any atom is 0.0713 e. The third kappa shape index (κ3) is 4.37. The second kappa shape index (κ2) is 11.8. The van der Waals surface area contributed by atoms with Crippen LogP contribution in [0.1, 0.15) is 72.2 Å². The first kappa shape index (κ1) is 32.9. The van der Waals surface area contributed by atoms with Crippen molar-refractivity contribution in [3.8, 4) is 33.4 Å². The Morgan fingerprint density at radius 3 is 1.21 bits per heavy atom. The Hall–Kier alpha value is -6.44. The molecule has 3 aliphatic carbocycles. The van der Waals surface area contributed by atoms with Crippen molar-refractivity contribution in [3.05, 3.63) is 233 Å². The van der Waals surface area contributed by atoms with Gasteiger partial charge in [-0.25, -0.2) is 0 Å². The van der Waals surface area contributed by atoms with E-state index in [1.165, 1.54) is 77.9 Å².